The van der Waals surface area contributed by atoms with E-state index >= 15 is 0 Å². The van der Waals surface area contributed by atoms with Crippen molar-refractivity contribution in [2.24, 2.45) is 10.2 Å². The van der Waals surface area contributed by atoms with Crippen molar-refractivity contribution in [2.45, 2.75) is 0 Å². The van der Waals surface area contributed by atoms with Crippen LogP contribution in [0.5, 0.6) is 0 Å². The van der Waals surface area contributed by atoms with E-state index in [9.17, 15) is 24.5 Å². The molecule has 0 fully saturated rings. The molecule has 3 aromatic carbocycles. The van der Waals surface area contributed by atoms with Crippen LogP contribution in [-0.4, -0.2) is 35.9 Å². The summed E-state index contributed by atoms with van der Waals surface area (Å²) in [6.07, 6.45) is 0. The number of esters is 1. The number of nitro groups is 1. The van der Waals surface area contributed by atoms with Crippen LogP contribution in [0.25, 0.3) is 0 Å². The van der Waals surface area contributed by atoms with Gasteiger partial charge in [0.1, 0.15) is 11.6 Å². The number of amides is 2. The Balaban J connectivity index is 1.42. The third kappa shape index (κ3) is 7.72. The Hall–Kier alpha value is -4.64. The van der Waals surface area contributed by atoms with Crippen molar-refractivity contribution in [1.82, 2.24) is 5.32 Å². The Kier molecular flexibility index (Phi) is 8.57. The number of rotatable bonds is 9. The SMILES string of the molecule is O=C(COC(=O)CNC(=O)c1ccc(Cl)c([N+](=O)[O-])c1)Nc1ccc(N=Nc2ccccc2)cc1. The van der Waals surface area contributed by atoms with Crippen LogP contribution in [0.3, 0.4) is 0 Å². The zero-order chi connectivity index (χ0) is 25.2. The van der Waals surface area contributed by atoms with Gasteiger partial charge in [-0.2, -0.15) is 10.2 Å². The summed E-state index contributed by atoms with van der Waals surface area (Å²) >= 11 is 5.70. The Bertz CT molecular complexity index is 1270. The Morgan fingerprint density at radius 3 is 2.26 bits per heavy atom. The molecule has 0 bridgehead atoms. The van der Waals surface area contributed by atoms with Crippen molar-refractivity contribution in [3.05, 3.63) is 93.5 Å². The van der Waals surface area contributed by atoms with E-state index in [2.05, 4.69) is 20.9 Å². The molecular formula is C23H18ClN5O6. The molecule has 11 nitrogen and oxygen atoms in total. The standard InChI is InChI=1S/C23H18ClN5O6/c24-19-11-6-15(12-20(19)29(33)34)23(32)25-13-22(31)35-14-21(30)26-16-7-9-18(10-8-16)28-27-17-4-2-1-3-5-17/h1-12H,13-14H2,(H,25,32)(H,26,30). The van der Waals surface area contributed by atoms with Gasteiger partial charge >= 0.3 is 5.97 Å². The lowest BCUT2D eigenvalue weighted by Gasteiger charge is -2.08. The number of carbonyl (C=O) groups is 3. The topological polar surface area (TPSA) is 152 Å². The fourth-order valence-corrected chi connectivity index (χ4v) is 2.85. The van der Waals surface area contributed by atoms with Crippen LogP contribution in [-0.2, 0) is 14.3 Å². The predicted octanol–water partition coefficient (Wildman–Crippen LogP) is 4.58. The van der Waals surface area contributed by atoms with Crippen molar-refractivity contribution in [2.75, 3.05) is 18.5 Å². The molecule has 0 aromatic heterocycles. The fourth-order valence-electron chi connectivity index (χ4n) is 2.66. The zero-order valence-electron chi connectivity index (χ0n) is 18.0. The number of hydrogen-bond acceptors (Lipinski definition) is 8. The number of anilines is 1. The minimum atomic E-state index is -0.867. The summed E-state index contributed by atoms with van der Waals surface area (Å²) in [6, 6.07) is 19.2. The summed E-state index contributed by atoms with van der Waals surface area (Å²) in [5.74, 6) is -2.19. The molecule has 2 amide bonds. The van der Waals surface area contributed by atoms with Gasteiger partial charge in [-0.3, -0.25) is 24.5 Å². The second-order valence-electron chi connectivity index (χ2n) is 6.90. The summed E-state index contributed by atoms with van der Waals surface area (Å²) in [6.45, 7) is -1.11. The number of nitrogens with zero attached hydrogens (tertiary/aromatic N) is 3. The molecule has 0 aliphatic heterocycles. The predicted molar refractivity (Wildman–Crippen MR) is 127 cm³/mol. The number of nitro benzene ring substituents is 1. The highest BCUT2D eigenvalue weighted by molar-refractivity contribution is 6.32. The van der Waals surface area contributed by atoms with Gasteiger partial charge in [-0.25, -0.2) is 0 Å². The van der Waals surface area contributed by atoms with Crippen LogP contribution in [0.1, 0.15) is 10.4 Å². The summed E-state index contributed by atoms with van der Waals surface area (Å²) in [7, 11) is 0. The molecule has 2 N–H and O–H groups in total. The summed E-state index contributed by atoms with van der Waals surface area (Å²) in [4.78, 5) is 46.1. The quantitative estimate of drug-likeness (QED) is 0.192. The molecule has 0 radical (unpaired) electrons. The van der Waals surface area contributed by atoms with Crippen molar-refractivity contribution >= 4 is 52.1 Å². The number of halogens is 1. The number of azo groups is 1. The lowest BCUT2D eigenvalue weighted by Crippen LogP contribution is -2.32. The highest BCUT2D eigenvalue weighted by Crippen LogP contribution is 2.25. The van der Waals surface area contributed by atoms with Crippen molar-refractivity contribution in [1.29, 1.82) is 0 Å². The summed E-state index contributed by atoms with van der Waals surface area (Å²) in [5, 5.41) is 23.8. The highest BCUT2D eigenvalue weighted by atomic mass is 35.5. The first-order valence-electron chi connectivity index (χ1n) is 10.1. The van der Waals surface area contributed by atoms with Crippen molar-refractivity contribution in [3.8, 4) is 0 Å². The van der Waals surface area contributed by atoms with Gasteiger partial charge in [0.2, 0.25) is 0 Å². The third-order valence-electron chi connectivity index (χ3n) is 4.35. The highest BCUT2D eigenvalue weighted by Gasteiger charge is 2.17. The third-order valence-corrected chi connectivity index (χ3v) is 4.67. The Morgan fingerprint density at radius 1 is 0.943 bits per heavy atom. The average molecular weight is 496 g/mol. The van der Waals surface area contributed by atoms with Crippen LogP contribution in [0.15, 0.2) is 83.0 Å². The van der Waals surface area contributed by atoms with Crippen LogP contribution in [0.2, 0.25) is 5.02 Å². The van der Waals surface area contributed by atoms with Gasteiger partial charge in [0, 0.05) is 17.3 Å². The number of ether oxygens (including phenoxy) is 1. The van der Waals surface area contributed by atoms with Crippen molar-refractivity contribution in [3.63, 3.8) is 0 Å². The molecular weight excluding hydrogens is 478 g/mol. The zero-order valence-corrected chi connectivity index (χ0v) is 18.8. The molecule has 0 unspecified atom stereocenters. The Labute approximate surface area is 203 Å². The number of benzene rings is 3. The molecule has 0 aliphatic carbocycles. The monoisotopic (exact) mass is 495 g/mol. The molecule has 35 heavy (non-hydrogen) atoms. The molecule has 3 rings (SSSR count). The van der Waals surface area contributed by atoms with Gasteiger partial charge in [-0.05, 0) is 48.5 Å². The van der Waals surface area contributed by atoms with Crippen LogP contribution >= 0.6 is 11.6 Å². The van der Waals surface area contributed by atoms with E-state index in [0.29, 0.717) is 17.1 Å². The second kappa shape index (κ2) is 12.0. The van der Waals surface area contributed by atoms with Crippen LogP contribution < -0.4 is 10.6 Å². The number of carbonyl (C=O) groups excluding carboxylic acids is 3. The van der Waals surface area contributed by atoms with Gasteiger partial charge in [-0.1, -0.05) is 29.8 Å². The van der Waals surface area contributed by atoms with Crippen LogP contribution in [0.4, 0.5) is 22.7 Å². The van der Waals surface area contributed by atoms with E-state index in [-0.39, 0.29) is 10.6 Å². The minimum Gasteiger partial charge on any atom is -0.454 e. The molecule has 3 aromatic rings. The van der Waals surface area contributed by atoms with E-state index in [1.54, 1.807) is 24.3 Å². The first-order chi connectivity index (χ1) is 16.8. The minimum absolute atomic E-state index is 0.0570. The molecule has 0 atom stereocenters. The van der Waals surface area contributed by atoms with E-state index < -0.39 is 41.5 Å². The normalized spacial score (nSPS) is 10.5. The summed E-state index contributed by atoms with van der Waals surface area (Å²) in [5.41, 5.74) is 1.25. The lowest BCUT2D eigenvalue weighted by atomic mass is 10.2. The fraction of sp³-hybridized carbons (Fsp3) is 0.0870. The number of nitrogens with one attached hydrogen (secondary N) is 2. The first kappa shape index (κ1) is 25.0. The molecule has 178 valence electrons. The lowest BCUT2D eigenvalue weighted by molar-refractivity contribution is -0.384. The average Bonchev–Trinajstić information content (AvgIpc) is 2.86. The van der Waals surface area contributed by atoms with Crippen molar-refractivity contribution < 1.29 is 24.0 Å². The van der Waals surface area contributed by atoms with E-state index in [1.807, 2.05) is 30.3 Å². The van der Waals surface area contributed by atoms with E-state index in [1.165, 1.54) is 12.1 Å². The molecule has 0 saturated heterocycles. The maximum absolute atomic E-state index is 12.1. The van der Waals surface area contributed by atoms with E-state index in [4.69, 9.17) is 16.3 Å². The maximum atomic E-state index is 12.1. The molecule has 0 spiro atoms. The largest absolute Gasteiger partial charge is 0.454 e. The first-order valence-corrected chi connectivity index (χ1v) is 10.4. The molecule has 0 aliphatic rings. The molecule has 0 saturated carbocycles. The van der Waals surface area contributed by atoms with E-state index in [0.717, 1.165) is 6.07 Å². The van der Waals surface area contributed by atoms with Gasteiger partial charge in [0.25, 0.3) is 17.5 Å². The molecule has 12 heteroatoms. The molecule has 0 heterocycles. The van der Waals surface area contributed by atoms with Gasteiger partial charge in [-0.15, -0.1) is 0 Å². The second-order valence-corrected chi connectivity index (χ2v) is 7.30. The maximum Gasteiger partial charge on any atom is 0.325 e. The Morgan fingerprint density at radius 2 is 1.60 bits per heavy atom. The van der Waals surface area contributed by atoms with Gasteiger partial charge in [0.15, 0.2) is 6.61 Å². The van der Waals surface area contributed by atoms with Gasteiger partial charge < -0.3 is 15.4 Å². The summed E-state index contributed by atoms with van der Waals surface area (Å²) < 4.78 is 4.83. The van der Waals surface area contributed by atoms with Gasteiger partial charge in [0.05, 0.1) is 16.3 Å². The van der Waals surface area contributed by atoms with Crippen LogP contribution in [0, 0.1) is 10.1 Å². The number of hydrogen-bond donors (Lipinski definition) is 2. The smallest absolute Gasteiger partial charge is 0.325 e.